The number of hydrogen-bond donors (Lipinski definition) is 1. The van der Waals surface area contributed by atoms with Crippen molar-refractivity contribution in [2.24, 2.45) is 0 Å². The maximum atomic E-state index is 13.8. The molecule has 0 unspecified atom stereocenters. The summed E-state index contributed by atoms with van der Waals surface area (Å²) in [6, 6.07) is 12.4. The molecule has 3 heterocycles. The molecule has 2 N–H and O–H groups in total. The molecule has 0 aliphatic heterocycles. The zero-order chi connectivity index (χ0) is 23.3. The second kappa shape index (κ2) is 7.70. The first-order valence-electron chi connectivity index (χ1n) is 9.92. The van der Waals surface area contributed by atoms with Gasteiger partial charge < -0.3 is 5.73 Å². The van der Waals surface area contributed by atoms with Crippen molar-refractivity contribution in [2.45, 2.75) is 19.6 Å². The van der Waals surface area contributed by atoms with Gasteiger partial charge in [-0.3, -0.25) is 0 Å². The smallest absolute Gasteiger partial charge is 0.383 e. The topological polar surface area (TPSA) is 82.5 Å². The summed E-state index contributed by atoms with van der Waals surface area (Å²) >= 11 is 6.32. The molecule has 0 radical (unpaired) electrons. The number of halogens is 4. The summed E-state index contributed by atoms with van der Waals surface area (Å²) in [7, 11) is 0. The molecule has 0 bridgehead atoms. The maximum Gasteiger partial charge on any atom is 0.417 e. The average Bonchev–Trinajstić information content (AvgIpc) is 3.09. The molecular weight excluding hydrogens is 453 g/mol. The van der Waals surface area contributed by atoms with Crippen LogP contribution in [-0.2, 0) is 12.7 Å². The van der Waals surface area contributed by atoms with Gasteiger partial charge in [0.05, 0.1) is 39.4 Å². The highest BCUT2D eigenvalue weighted by Crippen LogP contribution is 2.39. The second-order valence-electron chi connectivity index (χ2n) is 7.55. The molecule has 3 aromatic heterocycles. The van der Waals surface area contributed by atoms with Crippen LogP contribution in [0.1, 0.15) is 16.8 Å². The molecular formula is C23H16ClF3N6. The van der Waals surface area contributed by atoms with Crippen LogP contribution in [0.15, 0.2) is 54.9 Å². The first kappa shape index (κ1) is 21.1. The minimum absolute atomic E-state index is 0.0378. The zero-order valence-electron chi connectivity index (χ0n) is 17.2. The largest absolute Gasteiger partial charge is 0.417 e. The van der Waals surface area contributed by atoms with Crippen LogP contribution in [0.25, 0.3) is 33.2 Å². The molecule has 0 saturated heterocycles. The Morgan fingerprint density at radius 1 is 1.06 bits per heavy atom. The van der Waals surface area contributed by atoms with E-state index in [1.54, 1.807) is 35.9 Å². The summed E-state index contributed by atoms with van der Waals surface area (Å²) in [5.74, 6) is 0.287. The molecule has 0 saturated carbocycles. The van der Waals surface area contributed by atoms with E-state index in [1.165, 1.54) is 18.5 Å². The van der Waals surface area contributed by atoms with Crippen LogP contribution in [0.2, 0.25) is 5.02 Å². The van der Waals surface area contributed by atoms with Gasteiger partial charge in [-0.2, -0.15) is 18.3 Å². The van der Waals surface area contributed by atoms with Crippen molar-refractivity contribution in [3.63, 3.8) is 0 Å². The van der Waals surface area contributed by atoms with Gasteiger partial charge >= 0.3 is 6.18 Å². The Bertz CT molecular complexity index is 1530. The number of hydrogen-bond acceptors (Lipinski definition) is 5. The third kappa shape index (κ3) is 3.64. The highest BCUT2D eigenvalue weighted by molar-refractivity contribution is 6.35. The molecule has 166 valence electrons. The number of para-hydroxylation sites is 1. The second-order valence-corrected chi connectivity index (χ2v) is 7.96. The fourth-order valence-electron chi connectivity index (χ4n) is 3.98. The van der Waals surface area contributed by atoms with Crippen LogP contribution in [0, 0.1) is 6.92 Å². The lowest BCUT2D eigenvalue weighted by Gasteiger charge is -2.16. The maximum absolute atomic E-state index is 13.8. The van der Waals surface area contributed by atoms with Gasteiger partial charge in [-0.25, -0.2) is 19.6 Å². The zero-order valence-corrected chi connectivity index (χ0v) is 18.0. The number of aromatic nitrogens is 5. The van der Waals surface area contributed by atoms with Crippen molar-refractivity contribution in [1.29, 1.82) is 0 Å². The Hall–Kier alpha value is -3.72. The average molecular weight is 469 g/mol. The number of nitrogens with zero attached hydrogens (tertiary/aromatic N) is 5. The molecule has 0 spiro atoms. The number of fused-ring (bicyclic) bond motifs is 2. The van der Waals surface area contributed by atoms with Crippen molar-refractivity contribution >= 4 is 39.4 Å². The van der Waals surface area contributed by atoms with Crippen LogP contribution >= 0.6 is 11.6 Å². The standard InChI is InChI=1S/C23H16ClF3N6/c1-12-18-21(28)29-11-30-22(18)33(32-12)10-14-9-13-5-4-8-17(24)20(13)31-19(14)15-6-2-3-7-16(15)23(25,26)27/h2-9,11H,10H2,1H3,(H2,28,29,30). The van der Waals surface area contributed by atoms with E-state index in [0.717, 1.165) is 6.07 Å². The minimum atomic E-state index is -4.55. The highest BCUT2D eigenvalue weighted by atomic mass is 35.5. The van der Waals surface area contributed by atoms with Crippen molar-refractivity contribution in [3.8, 4) is 11.3 Å². The molecule has 0 atom stereocenters. The Balaban J connectivity index is 1.78. The van der Waals surface area contributed by atoms with Crippen LogP contribution in [0.4, 0.5) is 19.0 Å². The van der Waals surface area contributed by atoms with Gasteiger partial charge in [-0.1, -0.05) is 41.9 Å². The van der Waals surface area contributed by atoms with Gasteiger partial charge in [-0.05, 0) is 25.1 Å². The normalized spacial score (nSPS) is 12.0. The highest BCUT2D eigenvalue weighted by Gasteiger charge is 2.34. The summed E-state index contributed by atoms with van der Waals surface area (Å²) in [5, 5.41) is 6.17. The van der Waals surface area contributed by atoms with Crippen LogP contribution < -0.4 is 5.73 Å². The van der Waals surface area contributed by atoms with Crippen LogP contribution in [-0.4, -0.2) is 24.7 Å². The number of nitrogen functional groups attached to an aromatic ring is 1. The number of aryl methyl sites for hydroxylation is 1. The first-order chi connectivity index (χ1) is 15.7. The van der Waals surface area contributed by atoms with Crippen molar-refractivity contribution in [1.82, 2.24) is 24.7 Å². The van der Waals surface area contributed by atoms with Crippen molar-refractivity contribution < 1.29 is 13.2 Å². The van der Waals surface area contributed by atoms with Gasteiger partial charge in [0.15, 0.2) is 5.65 Å². The Morgan fingerprint density at radius 3 is 2.64 bits per heavy atom. The molecule has 0 aliphatic rings. The van der Waals surface area contributed by atoms with Gasteiger partial charge in [0.25, 0.3) is 0 Å². The third-order valence-corrected chi connectivity index (χ3v) is 5.72. The SMILES string of the molecule is Cc1nn(Cc2cc3cccc(Cl)c3nc2-c2ccccc2C(F)(F)F)c2ncnc(N)c12. The first-order valence-corrected chi connectivity index (χ1v) is 10.3. The van der Waals surface area contributed by atoms with Gasteiger partial charge in [0.2, 0.25) is 0 Å². The molecule has 33 heavy (non-hydrogen) atoms. The van der Waals surface area contributed by atoms with E-state index < -0.39 is 11.7 Å². The van der Waals surface area contributed by atoms with E-state index in [1.807, 2.05) is 6.07 Å². The Labute approximate surface area is 190 Å². The van der Waals surface area contributed by atoms with Crippen LogP contribution in [0.5, 0.6) is 0 Å². The van der Waals surface area contributed by atoms with E-state index >= 15 is 0 Å². The molecule has 2 aromatic carbocycles. The molecule has 5 aromatic rings. The molecule has 0 aliphatic carbocycles. The van der Waals surface area contributed by atoms with Crippen molar-refractivity contribution in [2.75, 3.05) is 5.73 Å². The predicted octanol–water partition coefficient (Wildman–Crippen LogP) is 5.65. The number of pyridine rings is 1. The van der Waals surface area contributed by atoms with E-state index in [2.05, 4.69) is 20.1 Å². The number of rotatable bonds is 3. The summed E-state index contributed by atoms with van der Waals surface area (Å²) in [6.45, 7) is 1.90. The van der Waals surface area contributed by atoms with Gasteiger partial charge in [-0.15, -0.1) is 0 Å². The van der Waals surface area contributed by atoms with Crippen LogP contribution in [0.3, 0.4) is 0 Å². The molecule has 0 amide bonds. The fraction of sp³-hybridized carbons (Fsp3) is 0.130. The Kier molecular flexibility index (Phi) is 4.93. The van der Waals surface area contributed by atoms with E-state index in [9.17, 15) is 13.2 Å². The number of anilines is 1. The fourth-order valence-corrected chi connectivity index (χ4v) is 4.20. The number of benzene rings is 2. The molecule has 5 rings (SSSR count). The quantitative estimate of drug-likeness (QED) is 0.370. The van der Waals surface area contributed by atoms with E-state index in [4.69, 9.17) is 17.3 Å². The lowest BCUT2D eigenvalue weighted by Crippen LogP contribution is -2.10. The number of alkyl halides is 3. The van der Waals surface area contributed by atoms with Gasteiger partial charge in [0, 0.05) is 16.5 Å². The van der Waals surface area contributed by atoms with Crippen molar-refractivity contribution in [3.05, 3.63) is 76.7 Å². The Morgan fingerprint density at radius 2 is 1.85 bits per heavy atom. The molecule has 6 nitrogen and oxygen atoms in total. The summed E-state index contributed by atoms with van der Waals surface area (Å²) < 4.78 is 43.1. The number of nitrogens with two attached hydrogens (primary N) is 1. The summed E-state index contributed by atoms with van der Waals surface area (Å²) in [5.41, 5.74) is 7.40. The monoisotopic (exact) mass is 468 g/mol. The lowest BCUT2D eigenvalue weighted by atomic mass is 9.98. The molecule has 10 heteroatoms. The molecule has 0 fully saturated rings. The minimum Gasteiger partial charge on any atom is -0.383 e. The summed E-state index contributed by atoms with van der Waals surface area (Å²) in [6.07, 6.45) is -3.23. The summed E-state index contributed by atoms with van der Waals surface area (Å²) in [4.78, 5) is 12.9. The van der Waals surface area contributed by atoms with E-state index in [0.29, 0.717) is 38.2 Å². The predicted molar refractivity (Wildman–Crippen MR) is 121 cm³/mol. The third-order valence-electron chi connectivity index (χ3n) is 5.42. The van der Waals surface area contributed by atoms with E-state index in [-0.39, 0.29) is 23.6 Å². The lowest BCUT2D eigenvalue weighted by molar-refractivity contribution is -0.137. The van der Waals surface area contributed by atoms with Gasteiger partial charge in [0.1, 0.15) is 12.1 Å².